The summed E-state index contributed by atoms with van der Waals surface area (Å²) >= 11 is 0. The molecule has 0 aliphatic heterocycles. The predicted octanol–water partition coefficient (Wildman–Crippen LogP) is 3.09. The molecule has 0 spiro atoms. The maximum absolute atomic E-state index is 10.5. The summed E-state index contributed by atoms with van der Waals surface area (Å²) in [5.74, 6) is 0.260. The molecule has 1 aromatic carbocycles. The molecule has 1 rings (SSSR count). The monoisotopic (exact) mass is 206 g/mol. The van der Waals surface area contributed by atoms with Gasteiger partial charge in [0.05, 0.1) is 6.10 Å². The largest absolute Gasteiger partial charge is 0.377 e. The van der Waals surface area contributed by atoms with E-state index in [9.17, 15) is 4.79 Å². The number of carbonyl (C=O) groups is 1. The van der Waals surface area contributed by atoms with Crippen molar-refractivity contribution >= 4 is 6.29 Å². The van der Waals surface area contributed by atoms with Crippen LogP contribution in [0, 0.1) is 0 Å². The molecular weight excluding hydrogens is 188 g/mol. The summed E-state index contributed by atoms with van der Waals surface area (Å²) < 4.78 is 5.32. The molecule has 2 atom stereocenters. The lowest BCUT2D eigenvalue weighted by atomic mass is 9.91. The zero-order valence-electron chi connectivity index (χ0n) is 9.57. The molecule has 0 bridgehead atoms. The van der Waals surface area contributed by atoms with Crippen LogP contribution in [0.15, 0.2) is 24.3 Å². The van der Waals surface area contributed by atoms with E-state index in [1.54, 1.807) is 7.11 Å². The molecule has 0 amide bonds. The zero-order chi connectivity index (χ0) is 11.3. The fourth-order valence-electron chi connectivity index (χ4n) is 1.73. The van der Waals surface area contributed by atoms with Crippen LogP contribution >= 0.6 is 0 Å². The summed E-state index contributed by atoms with van der Waals surface area (Å²) in [5.41, 5.74) is 2.38. The van der Waals surface area contributed by atoms with Crippen molar-refractivity contribution in [2.24, 2.45) is 0 Å². The minimum Gasteiger partial charge on any atom is -0.377 e. The fourth-order valence-corrected chi connectivity index (χ4v) is 1.73. The Kier molecular flexibility index (Phi) is 4.50. The summed E-state index contributed by atoms with van der Waals surface area (Å²) in [7, 11) is 1.70. The minimum atomic E-state index is 0.0790. The minimum absolute atomic E-state index is 0.0790. The third kappa shape index (κ3) is 2.90. The molecule has 0 N–H and O–H groups in total. The molecule has 0 radical (unpaired) electrons. The van der Waals surface area contributed by atoms with Gasteiger partial charge in [0.2, 0.25) is 0 Å². The third-order valence-electron chi connectivity index (χ3n) is 2.77. The van der Waals surface area contributed by atoms with E-state index in [4.69, 9.17) is 4.74 Å². The van der Waals surface area contributed by atoms with E-state index in [0.29, 0.717) is 6.42 Å². The molecule has 0 heterocycles. The molecule has 2 heteroatoms. The molecular formula is C13H18O2. The molecule has 0 saturated heterocycles. The van der Waals surface area contributed by atoms with E-state index in [-0.39, 0.29) is 12.0 Å². The molecule has 0 aliphatic carbocycles. The van der Waals surface area contributed by atoms with E-state index < -0.39 is 0 Å². The molecule has 0 saturated carbocycles. The summed E-state index contributed by atoms with van der Waals surface area (Å²) in [6, 6.07) is 8.13. The van der Waals surface area contributed by atoms with Gasteiger partial charge in [-0.1, -0.05) is 31.2 Å². The first-order valence-corrected chi connectivity index (χ1v) is 5.26. The average molecular weight is 206 g/mol. The van der Waals surface area contributed by atoms with Crippen molar-refractivity contribution in [3.8, 4) is 0 Å². The van der Waals surface area contributed by atoms with Gasteiger partial charge in [-0.05, 0) is 24.0 Å². The molecule has 1 aromatic rings. The highest BCUT2D eigenvalue weighted by Crippen LogP contribution is 2.27. The van der Waals surface area contributed by atoms with Crippen molar-refractivity contribution in [3.63, 3.8) is 0 Å². The highest BCUT2D eigenvalue weighted by molar-refractivity contribution is 5.52. The van der Waals surface area contributed by atoms with E-state index in [1.807, 2.05) is 19.1 Å². The lowest BCUT2D eigenvalue weighted by molar-refractivity contribution is -0.108. The number of hydrogen-bond donors (Lipinski definition) is 0. The van der Waals surface area contributed by atoms with Gasteiger partial charge in [-0.2, -0.15) is 0 Å². The number of aldehydes is 1. The lowest BCUT2D eigenvalue weighted by Crippen LogP contribution is -2.04. The van der Waals surface area contributed by atoms with E-state index in [1.165, 1.54) is 11.1 Å². The van der Waals surface area contributed by atoms with Crippen molar-refractivity contribution < 1.29 is 9.53 Å². The first kappa shape index (κ1) is 11.9. The number of ether oxygens (including phenoxy) is 1. The third-order valence-corrected chi connectivity index (χ3v) is 2.77. The Bertz CT molecular complexity index is 320. The van der Waals surface area contributed by atoms with Gasteiger partial charge in [-0.25, -0.2) is 0 Å². The second-order valence-electron chi connectivity index (χ2n) is 3.81. The highest BCUT2D eigenvalue weighted by Gasteiger charge is 2.13. The van der Waals surface area contributed by atoms with Crippen LogP contribution in [0.2, 0.25) is 0 Å². The Hall–Kier alpha value is -1.15. The van der Waals surface area contributed by atoms with Crippen LogP contribution in [0.4, 0.5) is 0 Å². The second kappa shape index (κ2) is 5.66. The average Bonchev–Trinajstić information content (AvgIpc) is 2.28. The standard InChI is InChI=1S/C13H18O2/c1-10(8-9-14)12-6-4-5-7-13(12)11(2)15-3/h4-7,9-11H,8H2,1-3H3. The van der Waals surface area contributed by atoms with Crippen molar-refractivity contribution in [1.29, 1.82) is 0 Å². The number of methoxy groups -OCH3 is 1. The summed E-state index contributed by atoms with van der Waals surface area (Å²) in [5, 5.41) is 0. The first-order valence-electron chi connectivity index (χ1n) is 5.26. The number of carbonyl (C=O) groups excluding carboxylic acids is 1. The van der Waals surface area contributed by atoms with Gasteiger partial charge in [0.25, 0.3) is 0 Å². The van der Waals surface area contributed by atoms with Crippen molar-refractivity contribution in [3.05, 3.63) is 35.4 Å². The van der Waals surface area contributed by atoms with E-state index in [2.05, 4.69) is 19.1 Å². The Balaban J connectivity index is 2.99. The molecule has 82 valence electrons. The van der Waals surface area contributed by atoms with Crippen LogP contribution in [-0.4, -0.2) is 13.4 Å². The molecule has 0 aliphatic rings. The fraction of sp³-hybridized carbons (Fsp3) is 0.462. The van der Waals surface area contributed by atoms with Crippen molar-refractivity contribution in [2.45, 2.75) is 32.3 Å². The quantitative estimate of drug-likeness (QED) is 0.692. The highest BCUT2D eigenvalue weighted by atomic mass is 16.5. The van der Waals surface area contributed by atoms with Crippen LogP contribution in [0.5, 0.6) is 0 Å². The van der Waals surface area contributed by atoms with Crippen molar-refractivity contribution in [2.75, 3.05) is 7.11 Å². The van der Waals surface area contributed by atoms with Crippen LogP contribution in [0.25, 0.3) is 0 Å². The van der Waals surface area contributed by atoms with Crippen LogP contribution in [-0.2, 0) is 9.53 Å². The first-order chi connectivity index (χ1) is 7.20. The van der Waals surface area contributed by atoms with E-state index in [0.717, 1.165) is 6.29 Å². The molecule has 0 fully saturated rings. The SMILES string of the molecule is COC(C)c1ccccc1C(C)CC=O. The van der Waals surface area contributed by atoms with Gasteiger partial charge in [0, 0.05) is 13.5 Å². The molecule has 2 nitrogen and oxygen atoms in total. The topological polar surface area (TPSA) is 26.3 Å². The Morgan fingerprint density at radius 2 is 1.87 bits per heavy atom. The Morgan fingerprint density at radius 1 is 1.27 bits per heavy atom. The summed E-state index contributed by atoms with van der Waals surface area (Å²) in [4.78, 5) is 10.5. The van der Waals surface area contributed by atoms with Crippen LogP contribution in [0.3, 0.4) is 0 Å². The number of hydrogen-bond acceptors (Lipinski definition) is 2. The Morgan fingerprint density at radius 3 is 2.40 bits per heavy atom. The number of rotatable bonds is 5. The summed E-state index contributed by atoms with van der Waals surface area (Å²) in [6.45, 7) is 4.09. The van der Waals surface area contributed by atoms with Gasteiger partial charge < -0.3 is 9.53 Å². The predicted molar refractivity (Wildman–Crippen MR) is 61.0 cm³/mol. The van der Waals surface area contributed by atoms with Gasteiger partial charge >= 0.3 is 0 Å². The smallest absolute Gasteiger partial charge is 0.120 e. The Labute approximate surface area is 91.3 Å². The van der Waals surface area contributed by atoms with Gasteiger partial charge in [0.15, 0.2) is 0 Å². The molecule has 15 heavy (non-hydrogen) atoms. The normalized spacial score (nSPS) is 14.6. The van der Waals surface area contributed by atoms with Crippen molar-refractivity contribution in [1.82, 2.24) is 0 Å². The van der Waals surface area contributed by atoms with Gasteiger partial charge in [-0.3, -0.25) is 0 Å². The van der Waals surface area contributed by atoms with Gasteiger partial charge in [-0.15, -0.1) is 0 Å². The van der Waals surface area contributed by atoms with Crippen LogP contribution in [0.1, 0.15) is 43.4 Å². The number of benzene rings is 1. The maximum atomic E-state index is 10.5. The molecule has 0 aromatic heterocycles. The zero-order valence-corrected chi connectivity index (χ0v) is 9.57. The molecule has 2 unspecified atom stereocenters. The second-order valence-corrected chi connectivity index (χ2v) is 3.81. The summed E-state index contributed by atoms with van der Waals surface area (Å²) in [6.07, 6.45) is 1.61. The van der Waals surface area contributed by atoms with Crippen LogP contribution < -0.4 is 0 Å². The van der Waals surface area contributed by atoms with E-state index >= 15 is 0 Å². The van der Waals surface area contributed by atoms with Gasteiger partial charge in [0.1, 0.15) is 6.29 Å². The lowest BCUT2D eigenvalue weighted by Gasteiger charge is -2.18. The maximum Gasteiger partial charge on any atom is 0.120 e.